The fraction of sp³-hybridized carbons (Fsp3) is 0.867. The summed E-state index contributed by atoms with van der Waals surface area (Å²) in [7, 11) is 1.84. The molecule has 1 N–H and O–H groups in total. The summed E-state index contributed by atoms with van der Waals surface area (Å²) in [4.78, 5) is 25.6. The van der Waals surface area contributed by atoms with E-state index >= 15 is 0 Å². The van der Waals surface area contributed by atoms with Crippen LogP contribution in [-0.2, 0) is 9.59 Å². The molecule has 1 rings (SSSR count). The Balaban J connectivity index is 2.23. The lowest BCUT2D eigenvalue weighted by atomic mass is 9.86. The molecule has 19 heavy (non-hydrogen) atoms. The van der Waals surface area contributed by atoms with Crippen molar-refractivity contribution in [3.63, 3.8) is 0 Å². The number of rotatable bonds is 7. The van der Waals surface area contributed by atoms with Crippen molar-refractivity contribution in [3.8, 4) is 0 Å². The smallest absolute Gasteiger partial charge is 0.234 e. The second kappa shape index (κ2) is 8.31. The first-order valence-corrected chi connectivity index (χ1v) is 7.47. The van der Waals surface area contributed by atoms with E-state index in [4.69, 9.17) is 0 Å². The first-order valence-electron chi connectivity index (χ1n) is 7.47. The zero-order valence-corrected chi connectivity index (χ0v) is 12.6. The lowest BCUT2D eigenvalue weighted by molar-refractivity contribution is -0.126. The predicted molar refractivity (Wildman–Crippen MR) is 76.9 cm³/mol. The van der Waals surface area contributed by atoms with Gasteiger partial charge in [-0.05, 0) is 25.8 Å². The number of hydrogen-bond donors (Lipinski definition) is 1. The van der Waals surface area contributed by atoms with E-state index in [1.807, 2.05) is 11.9 Å². The molecule has 0 aromatic carbocycles. The Morgan fingerprint density at radius 2 is 1.79 bits per heavy atom. The zero-order valence-electron chi connectivity index (χ0n) is 12.6. The molecular formula is C15H28N2O2. The number of ketones is 1. The van der Waals surface area contributed by atoms with Gasteiger partial charge < -0.3 is 5.32 Å². The van der Waals surface area contributed by atoms with Crippen molar-refractivity contribution in [2.75, 3.05) is 26.7 Å². The quantitative estimate of drug-likeness (QED) is 0.766. The maximum absolute atomic E-state index is 12.1. The highest BCUT2D eigenvalue weighted by Crippen LogP contribution is 2.24. The monoisotopic (exact) mass is 268 g/mol. The third-order valence-electron chi connectivity index (χ3n) is 3.61. The van der Waals surface area contributed by atoms with Crippen LogP contribution >= 0.6 is 0 Å². The molecule has 1 aliphatic carbocycles. The van der Waals surface area contributed by atoms with Gasteiger partial charge in [-0.15, -0.1) is 0 Å². The first kappa shape index (κ1) is 16.2. The summed E-state index contributed by atoms with van der Waals surface area (Å²) in [5, 5.41) is 2.87. The Hall–Kier alpha value is -0.900. The van der Waals surface area contributed by atoms with Gasteiger partial charge in [0.1, 0.15) is 5.78 Å². The Morgan fingerprint density at radius 1 is 1.16 bits per heavy atom. The average Bonchev–Trinajstić information content (AvgIpc) is 2.37. The molecule has 1 amide bonds. The lowest BCUT2D eigenvalue weighted by Gasteiger charge is -2.23. The summed E-state index contributed by atoms with van der Waals surface area (Å²) < 4.78 is 0. The van der Waals surface area contributed by atoms with Crippen molar-refractivity contribution >= 4 is 11.7 Å². The largest absolute Gasteiger partial charge is 0.355 e. The molecule has 0 atom stereocenters. The molecule has 1 aliphatic rings. The highest BCUT2D eigenvalue weighted by Gasteiger charge is 2.22. The number of carbonyl (C=O) groups excluding carboxylic acids is 2. The topological polar surface area (TPSA) is 49.4 Å². The van der Waals surface area contributed by atoms with E-state index in [-0.39, 0.29) is 11.8 Å². The van der Waals surface area contributed by atoms with Gasteiger partial charge in [-0.3, -0.25) is 14.5 Å². The number of likely N-dealkylation sites (N-methyl/N-ethyl adjacent to an activating group) is 1. The summed E-state index contributed by atoms with van der Waals surface area (Å²) in [6.45, 7) is 5.54. The minimum absolute atomic E-state index is 0.00708. The van der Waals surface area contributed by atoms with Crippen molar-refractivity contribution < 1.29 is 9.59 Å². The Bertz CT molecular complexity index is 297. The predicted octanol–water partition coefficient (Wildman–Crippen LogP) is 1.84. The van der Waals surface area contributed by atoms with E-state index in [0.717, 1.165) is 12.8 Å². The molecule has 1 fully saturated rings. The molecule has 0 saturated heterocycles. The van der Waals surface area contributed by atoms with Crippen LogP contribution in [0, 0.1) is 11.8 Å². The van der Waals surface area contributed by atoms with Crippen LogP contribution in [0.15, 0.2) is 0 Å². The number of nitrogens with zero attached hydrogens (tertiary/aromatic N) is 1. The molecule has 0 aromatic rings. The molecule has 4 heteroatoms. The first-order chi connectivity index (χ1) is 8.99. The van der Waals surface area contributed by atoms with Crippen LogP contribution in [0.3, 0.4) is 0 Å². The van der Waals surface area contributed by atoms with Crippen LogP contribution in [0.2, 0.25) is 0 Å². The average molecular weight is 268 g/mol. The van der Waals surface area contributed by atoms with Gasteiger partial charge in [0.25, 0.3) is 0 Å². The Kier molecular flexibility index (Phi) is 7.06. The second-order valence-electron chi connectivity index (χ2n) is 6.17. The van der Waals surface area contributed by atoms with E-state index in [1.54, 1.807) is 0 Å². The minimum Gasteiger partial charge on any atom is -0.355 e. The van der Waals surface area contributed by atoms with Crippen LogP contribution in [0.25, 0.3) is 0 Å². The van der Waals surface area contributed by atoms with Crippen molar-refractivity contribution in [1.29, 1.82) is 0 Å². The highest BCUT2D eigenvalue weighted by molar-refractivity contribution is 5.84. The second-order valence-corrected chi connectivity index (χ2v) is 6.17. The summed E-state index contributed by atoms with van der Waals surface area (Å²) >= 11 is 0. The number of amides is 1. The maximum atomic E-state index is 12.1. The molecule has 4 nitrogen and oxygen atoms in total. The molecule has 0 bridgehead atoms. The van der Waals surface area contributed by atoms with Gasteiger partial charge >= 0.3 is 0 Å². The molecule has 0 spiro atoms. The molecule has 1 saturated carbocycles. The number of nitrogens with one attached hydrogen (secondary N) is 1. The minimum atomic E-state index is 0.00708. The van der Waals surface area contributed by atoms with Crippen LogP contribution in [0.1, 0.15) is 46.0 Å². The summed E-state index contributed by atoms with van der Waals surface area (Å²) in [5.74, 6) is 1.000. The van der Waals surface area contributed by atoms with Crippen LogP contribution in [0.5, 0.6) is 0 Å². The SMILES string of the molecule is CC(C)CNC(=O)CN(C)CC(=O)C1CCCCC1. The van der Waals surface area contributed by atoms with Gasteiger partial charge in [0.05, 0.1) is 13.1 Å². The summed E-state index contributed by atoms with van der Waals surface area (Å²) in [6.07, 6.45) is 5.68. The molecule has 0 radical (unpaired) electrons. The Labute approximate surface area is 116 Å². The molecular weight excluding hydrogens is 240 g/mol. The van der Waals surface area contributed by atoms with E-state index in [0.29, 0.717) is 31.3 Å². The van der Waals surface area contributed by atoms with Gasteiger partial charge in [-0.2, -0.15) is 0 Å². The normalized spacial score (nSPS) is 16.9. The molecule has 0 heterocycles. The van der Waals surface area contributed by atoms with E-state index < -0.39 is 0 Å². The fourth-order valence-corrected chi connectivity index (χ4v) is 2.49. The Morgan fingerprint density at radius 3 is 2.37 bits per heavy atom. The van der Waals surface area contributed by atoms with Crippen LogP contribution in [0.4, 0.5) is 0 Å². The van der Waals surface area contributed by atoms with Crippen molar-refractivity contribution in [2.45, 2.75) is 46.0 Å². The number of carbonyl (C=O) groups is 2. The van der Waals surface area contributed by atoms with Gasteiger partial charge in [0, 0.05) is 12.5 Å². The van der Waals surface area contributed by atoms with Gasteiger partial charge in [0.2, 0.25) is 5.91 Å². The van der Waals surface area contributed by atoms with Crippen LogP contribution in [-0.4, -0.2) is 43.3 Å². The van der Waals surface area contributed by atoms with Crippen molar-refractivity contribution in [1.82, 2.24) is 10.2 Å². The number of hydrogen-bond acceptors (Lipinski definition) is 3. The summed E-state index contributed by atoms with van der Waals surface area (Å²) in [6, 6.07) is 0. The maximum Gasteiger partial charge on any atom is 0.234 e. The van der Waals surface area contributed by atoms with E-state index in [1.165, 1.54) is 19.3 Å². The van der Waals surface area contributed by atoms with Crippen molar-refractivity contribution in [3.05, 3.63) is 0 Å². The van der Waals surface area contributed by atoms with Gasteiger partial charge in [0.15, 0.2) is 0 Å². The van der Waals surface area contributed by atoms with Gasteiger partial charge in [-0.1, -0.05) is 33.1 Å². The van der Waals surface area contributed by atoms with Gasteiger partial charge in [-0.25, -0.2) is 0 Å². The number of Topliss-reactive ketones (excluding diaryl/α,β-unsaturated/α-hetero) is 1. The third-order valence-corrected chi connectivity index (χ3v) is 3.61. The van der Waals surface area contributed by atoms with Crippen molar-refractivity contribution in [2.24, 2.45) is 11.8 Å². The van der Waals surface area contributed by atoms with Crippen LogP contribution < -0.4 is 5.32 Å². The third kappa shape index (κ3) is 6.71. The summed E-state index contributed by atoms with van der Waals surface area (Å²) in [5.41, 5.74) is 0. The zero-order chi connectivity index (χ0) is 14.3. The molecule has 110 valence electrons. The highest BCUT2D eigenvalue weighted by atomic mass is 16.2. The van der Waals surface area contributed by atoms with E-state index in [9.17, 15) is 9.59 Å². The fourth-order valence-electron chi connectivity index (χ4n) is 2.49. The molecule has 0 unspecified atom stereocenters. The lowest BCUT2D eigenvalue weighted by Crippen LogP contribution is -2.40. The molecule has 0 aromatic heterocycles. The standard InChI is InChI=1S/C15H28N2O2/c1-12(2)9-16-15(19)11-17(3)10-14(18)13-7-5-4-6-8-13/h12-13H,4-11H2,1-3H3,(H,16,19). The molecule has 0 aliphatic heterocycles. The van der Waals surface area contributed by atoms with E-state index in [2.05, 4.69) is 19.2 Å².